The summed E-state index contributed by atoms with van der Waals surface area (Å²) in [6.07, 6.45) is 1.51. The van der Waals surface area contributed by atoms with Gasteiger partial charge in [-0.2, -0.15) is 0 Å². The van der Waals surface area contributed by atoms with Crippen molar-refractivity contribution in [2.24, 2.45) is 5.92 Å². The van der Waals surface area contributed by atoms with Crippen LogP contribution in [0.4, 0.5) is 0 Å². The second kappa shape index (κ2) is 7.17. The van der Waals surface area contributed by atoms with Crippen molar-refractivity contribution in [2.45, 2.75) is 45.7 Å². The average Bonchev–Trinajstić information content (AvgIpc) is 2.28. The number of carboxylic acid groups (broad SMARTS) is 1. The van der Waals surface area contributed by atoms with Crippen LogP contribution in [0.5, 0.6) is 0 Å². The van der Waals surface area contributed by atoms with Crippen molar-refractivity contribution in [2.75, 3.05) is 0 Å². The highest BCUT2D eigenvalue weighted by molar-refractivity contribution is 5.73. The van der Waals surface area contributed by atoms with Gasteiger partial charge in [0.15, 0.2) is 0 Å². The molecule has 2 N–H and O–H groups in total. The lowest BCUT2D eigenvalue weighted by atomic mass is 10.0. The fraction of sp³-hybridized carbons (Fsp3) is 0.533. The van der Waals surface area contributed by atoms with Gasteiger partial charge in [0.25, 0.3) is 0 Å². The number of aliphatic carboxylic acids is 1. The molecule has 2 atom stereocenters. The van der Waals surface area contributed by atoms with Crippen LogP contribution in [0.25, 0.3) is 0 Å². The summed E-state index contributed by atoms with van der Waals surface area (Å²) in [6.45, 7) is 6.11. The molecule has 1 aromatic rings. The molecule has 1 aromatic carbocycles. The molecular formula is C15H23NO2. The molecule has 0 aliphatic rings. The van der Waals surface area contributed by atoms with E-state index in [9.17, 15) is 9.90 Å². The molecule has 2 unspecified atom stereocenters. The first kappa shape index (κ1) is 14.7. The normalized spacial score (nSPS) is 14.4. The van der Waals surface area contributed by atoms with Crippen LogP contribution in [-0.2, 0) is 11.2 Å². The summed E-state index contributed by atoms with van der Waals surface area (Å²) in [5.41, 5.74) is 1.23. The van der Waals surface area contributed by atoms with Crippen LogP contribution in [0, 0.1) is 5.92 Å². The lowest BCUT2D eigenvalue weighted by Gasteiger charge is -2.21. The van der Waals surface area contributed by atoms with Gasteiger partial charge in [-0.15, -0.1) is 0 Å². The van der Waals surface area contributed by atoms with Gasteiger partial charge >= 0.3 is 5.97 Å². The van der Waals surface area contributed by atoms with Crippen LogP contribution in [0.15, 0.2) is 30.3 Å². The van der Waals surface area contributed by atoms with Crippen molar-refractivity contribution >= 4 is 5.97 Å². The number of hydrogen-bond acceptors (Lipinski definition) is 2. The van der Waals surface area contributed by atoms with Gasteiger partial charge in [0.05, 0.1) is 0 Å². The zero-order valence-electron chi connectivity index (χ0n) is 11.4. The Morgan fingerprint density at radius 3 is 2.33 bits per heavy atom. The predicted molar refractivity (Wildman–Crippen MR) is 73.6 cm³/mol. The van der Waals surface area contributed by atoms with E-state index in [1.807, 2.05) is 39.0 Å². The molecule has 1 rings (SSSR count). The maximum Gasteiger partial charge on any atom is 0.320 e. The third-order valence-electron chi connectivity index (χ3n) is 2.88. The maximum atomic E-state index is 11.2. The van der Waals surface area contributed by atoms with Gasteiger partial charge < -0.3 is 10.4 Å². The van der Waals surface area contributed by atoms with Crippen LogP contribution in [0.2, 0.25) is 0 Å². The van der Waals surface area contributed by atoms with Gasteiger partial charge in [-0.1, -0.05) is 44.2 Å². The van der Waals surface area contributed by atoms with E-state index in [2.05, 4.69) is 17.4 Å². The summed E-state index contributed by atoms with van der Waals surface area (Å²) >= 11 is 0. The standard InChI is InChI=1S/C15H23NO2/c1-11(2)9-14(15(17)18)16-12(3)10-13-7-5-4-6-8-13/h4-8,11-12,14,16H,9-10H2,1-3H3,(H,17,18). The molecule has 0 fully saturated rings. The molecule has 100 valence electrons. The summed E-state index contributed by atoms with van der Waals surface area (Å²) in [5.74, 6) is -0.383. The average molecular weight is 249 g/mol. The molecule has 3 heteroatoms. The van der Waals surface area contributed by atoms with E-state index in [0.717, 1.165) is 6.42 Å². The molecule has 0 aromatic heterocycles. The fourth-order valence-corrected chi connectivity index (χ4v) is 2.08. The first-order valence-corrected chi connectivity index (χ1v) is 6.51. The second-order valence-electron chi connectivity index (χ2n) is 5.28. The minimum atomic E-state index is -0.761. The lowest BCUT2D eigenvalue weighted by Crippen LogP contribution is -2.43. The fourth-order valence-electron chi connectivity index (χ4n) is 2.08. The molecule has 0 bridgehead atoms. The number of benzene rings is 1. The molecule has 0 aliphatic carbocycles. The highest BCUT2D eigenvalue weighted by atomic mass is 16.4. The largest absolute Gasteiger partial charge is 0.480 e. The van der Waals surface area contributed by atoms with E-state index < -0.39 is 12.0 Å². The van der Waals surface area contributed by atoms with Gasteiger partial charge in [-0.25, -0.2) is 0 Å². The number of carboxylic acids is 1. The Morgan fingerprint density at radius 2 is 1.83 bits per heavy atom. The molecule has 0 amide bonds. The number of hydrogen-bond donors (Lipinski definition) is 2. The Morgan fingerprint density at radius 1 is 1.22 bits per heavy atom. The topological polar surface area (TPSA) is 49.3 Å². The molecule has 0 spiro atoms. The highest BCUT2D eigenvalue weighted by Crippen LogP contribution is 2.08. The van der Waals surface area contributed by atoms with E-state index in [1.54, 1.807) is 0 Å². The van der Waals surface area contributed by atoms with Gasteiger partial charge in [-0.05, 0) is 31.2 Å². The van der Waals surface area contributed by atoms with Crippen molar-refractivity contribution < 1.29 is 9.90 Å². The van der Waals surface area contributed by atoms with Crippen molar-refractivity contribution in [3.8, 4) is 0 Å². The van der Waals surface area contributed by atoms with Crippen molar-refractivity contribution in [3.05, 3.63) is 35.9 Å². The van der Waals surface area contributed by atoms with Gasteiger partial charge in [-0.3, -0.25) is 4.79 Å². The van der Waals surface area contributed by atoms with Gasteiger partial charge in [0.2, 0.25) is 0 Å². The Hall–Kier alpha value is -1.35. The number of nitrogens with one attached hydrogen (secondary N) is 1. The third-order valence-corrected chi connectivity index (χ3v) is 2.88. The minimum Gasteiger partial charge on any atom is -0.480 e. The highest BCUT2D eigenvalue weighted by Gasteiger charge is 2.20. The van der Waals surface area contributed by atoms with Crippen LogP contribution < -0.4 is 5.32 Å². The first-order valence-electron chi connectivity index (χ1n) is 6.51. The van der Waals surface area contributed by atoms with Gasteiger partial charge in [0, 0.05) is 6.04 Å². The minimum absolute atomic E-state index is 0.159. The van der Waals surface area contributed by atoms with E-state index >= 15 is 0 Å². The zero-order valence-corrected chi connectivity index (χ0v) is 11.4. The van der Waals surface area contributed by atoms with Crippen molar-refractivity contribution in [3.63, 3.8) is 0 Å². The summed E-state index contributed by atoms with van der Waals surface area (Å²) < 4.78 is 0. The molecule has 0 radical (unpaired) electrons. The molecule has 0 saturated heterocycles. The molecule has 0 aliphatic heterocycles. The van der Waals surface area contributed by atoms with Crippen molar-refractivity contribution in [1.29, 1.82) is 0 Å². The first-order chi connectivity index (χ1) is 8.49. The number of rotatable bonds is 7. The zero-order chi connectivity index (χ0) is 13.5. The molecule has 3 nitrogen and oxygen atoms in total. The quantitative estimate of drug-likeness (QED) is 0.781. The monoisotopic (exact) mass is 249 g/mol. The molecular weight excluding hydrogens is 226 g/mol. The molecule has 0 heterocycles. The maximum absolute atomic E-state index is 11.2. The number of carbonyl (C=O) groups is 1. The lowest BCUT2D eigenvalue weighted by molar-refractivity contribution is -0.140. The van der Waals surface area contributed by atoms with E-state index in [-0.39, 0.29) is 6.04 Å². The SMILES string of the molecule is CC(C)CC(NC(C)Cc1ccccc1)C(=O)O. The van der Waals surface area contributed by atoms with Crippen LogP contribution >= 0.6 is 0 Å². The Bertz CT molecular complexity index is 362. The van der Waals surface area contributed by atoms with Crippen LogP contribution in [0.3, 0.4) is 0 Å². The van der Waals surface area contributed by atoms with Crippen LogP contribution in [-0.4, -0.2) is 23.2 Å². The smallest absolute Gasteiger partial charge is 0.320 e. The molecule has 18 heavy (non-hydrogen) atoms. The Balaban J connectivity index is 2.51. The van der Waals surface area contributed by atoms with Crippen LogP contribution in [0.1, 0.15) is 32.8 Å². The molecule has 0 saturated carbocycles. The van der Waals surface area contributed by atoms with E-state index in [0.29, 0.717) is 12.3 Å². The van der Waals surface area contributed by atoms with Crippen molar-refractivity contribution in [1.82, 2.24) is 5.32 Å². The Labute approximate surface area is 109 Å². The summed E-state index contributed by atoms with van der Waals surface area (Å²) in [6, 6.07) is 9.83. The van der Waals surface area contributed by atoms with Gasteiger partial charge in [0.1, 0.15) is 6.04 Å². The second-order valence-corrected chi connectivity index (χ2v) is 5.28. The van der Waals surface area contributed by atoms with E-state index in [4.69, 9.17) is 0 Å². The third kappa shape index (κ3) is 5.32. The Kier molecular flexibility index (Phi) is 5.86. The predicted octanol–water partition coefficient (Wildman–Crippen LogP) is 2.71. The summed E-state index contributed by atoms with van der Waals surface area (Å²) in [4.78, 5) is 11.2. The van der Waals surface area contributed by atoms with E-state index in [1.165, 1.54) is 5.56 Å². The summed E-state index contributed by atoms with van der Waals surface area (Å²) in [5, 5.41) is 12.4. The summed E-state index contributed by atoms with van der Waals surface area (Å²) in [7, 11) is 0.